The number of esters is 1. The van der Waals surface area contributed by atoms with Crippen LogP contribution >= 0.6 is 15.9 Å². The normalized spacial score (nSPS) is 12.3. The first kappa shape index (κ1) is 12.2. The largest absolute Gasteiger partial charge is 0.427 e. The van der Waals surface area contributed by atoms with Gasteiger partial charge in [-0.05, 0) is 30.7 Å². The van der Waals surface area contributed by atoms with Gasteiger partial charge in [0.25, 0.3) is 0 Å². The molecule has 0 saturated heterocycles. The van der Waals surface area contributed by atoms with E-state index in [1.807, 2.05) is 0 Å². The highest BCUT2D eigenvalue weighted by Crippen LogP contribution is 2.26. The predicted octanol–water partition coefficient (Wildman–Crippen LogP) is 3.26. The molecule has 0 amide bonds. The number of ether oxygens (including phenoxy) is 1. The predicted molar refractivity (Wildman–Crippen MR) is 59.5 cm³/mol. The van der Waals surface area contributed by atoms with Gasteiger partial charge in [0.1, 0.15) is 5.75 Å². The van der Waals surface area contributed by atoms with Crippen LogP contribution in [-0.2, 0) is 4.79 Å². The van der Waals surface area contributed by atoms with Gasteiger partial charge in [0.05, 0.1) is 6.67 Å². The van der Waals surface area contributed by atoms with Crippen LogP contribution < -0.4 is 4.74 Å². The number of alkyl halides is 1. The second-order valence-corrected chi connectivity index (χ2v) is 4.08. The van der Waals surface area contributed by atoms with Gasteiger partial charge >= 0.3 is 5.97 Å². The van der Waals surface area contributed by atoms with E-state index in [-0.39, 0.29) is 0 Å². The average Bonchev–Trinajstić information content (AvgIpc) is 2.14. The summed E-state index contributed by atoms with van der Waals surface area (Å²) >= 11 is 3.26. The van der Waals surface area contributed by atoms with E-state index in [0.29, 0.717) is 11.3 Å². The Morgan fingerprint density at radius 3 is 2.80 bits per heavy atom. The summed E-state index contributed by atoms with van der Waals surface area (Å²) in [5.41, 5.74) is 0.697. The quantitative estimate of drug-likeness (QED) is 0.624. The number of carbonyl (C=O) groups is 1. The number of hydrogen-bond acceptors (Lipinski definition) is 2. The van der Waals surface area contributed by atoms with Gasteiger partial charge in [-0.25, -0.2) is 0 Å². The maximum atomic E-state index is 12.4. The van der Waals surface area contributed by atoms with Crippen LogP contribution in [0.4, 0.5) is 4.39 Å². The Bertz CT molecular complexity index is 366. The summed E-state index contributed by atoms with van der Waals surface area (Å²) in [6.45, 7) is 4.42. The zero-order chi connectivity index (χ0) is 11.4. The zero-order valence-corrected chi connectivity index (χ0v) is 9.88. The van der Waals surface area contributed by atoms with Crippen molar-refractivity contribution in [3.05, 3.63) is 35.2 Å². The van der Waals surface area contributed by atoms with Crippen molar-refractivity contribution in [1.82, 2.24) is 0 Å². The third kappa shape index (κ3) is 3.63. The van der Waals surface area contributed by atoms with E-state index in [1.54, 1.807) is 18.2 Å². The highest BCUT2D eigenvalue weighted by molar-refractivity contribution is 9.10. The second kappa shape index (κ2) is 5.26. The molecule has 1 rings (SSSR count). The Morgan fingerprint density at radius 2 is 2.27 bits per heavy atom. The zero-order valence-electron chi connectivity index (χ0n) is 8.30. The number of benzene rings is 1. The van der Waals surface area contributed by atoms with Gasteiger partial charge in [-0.3, -0.25) is 9.18 Å². The van der Waals surface area contributed by atoms with Crippen LogP contribution in [0, 0.1) is 6.92 Å². The van der Waals surface area contributed by atoms with Gasteiger partial charge in [-0.2, -0.15) is 0 Å². The molecule has 1 radical (unpaired) electrons. The van der Waals surface area contributed by atoms with E-state index in [4.69, 9.17) is 4.74 Å². The van der Waals surface area contributed by atoms with E-state index < -0.39 is 18.6 Å². The van der Waals surface area contributed by atoms with Crippen molar-refractivity contribution >= 4 is 21.9 Å². The summed E-state index contributed by atoms with van der Waals surface area (Å²) < 4.78 is 18.1. The van der Waals surface area contributed by atoms with E-state index in [1.165, 1.54) is 6.92 Å². The Kier molecular flexibility index (Phi) is 4.27. The third-order valence-electron chi connectivity index (χ3n) is 1.81. The fourth-order valence-electron chi connectivity index (χ4n) is 1.13. The molecule has 1 aromatic rings. The number of rotatable bonds is 3. The van der Waals surface area contributed by atoms with Gasteiger partial charge in [-0.1, -0.05) is 15.9 Å². The summed E-state index contributed by atoms with van der Waals surface area (Å²) in [6, 6.07) is 5.02. The summed E-state index contributed by atoms with van der Waals surface area (Å²) in [5.74, 6) is -0.453. The molecular weight excluding hydrogens is 263 g/mol. The molecule has 1 atom stereocenters. The minimum Gasteiger partial charge on any atom is -0.427 e. The van der Waals surface area contributed by atoms with Crippen LogP contribution in [0.5, 0.6) is 5.75 Å². The van der Waals surface area contributed by atoms with Crippen LogP contribution in [0.2, 0.25) is 0 Å². The lowest BCUT2D eigenvalue weighted by Crippen LogP contribution is -2.03. The first-order valence-corrected chi connectivity index (χ1v) is 5.20. The van der Waals surface area contributed by atoms with Crippen molar-refractivity contribution in [2.75, 3.05) is 6.67 Å². The first-order chi connectivity index (χ1) is 7.02. The molecular formula is C11H11BrFO2. The topological polar surface area (TPSA) is 26.3 Å². The number of carbonyl (C=O) groups excluding carboxylic acids is 1. The van der Waals surface area contributed by atoms with Crippen LogP contribution in [0.1, 0.15) is 18.4 Å². The van der Waals surface area contributed by atoms with Gasteiger partial charge in [0.2, 0.25) is 0 Å². The first-order valence-electron chi connectivity index (χ1n) is 4.41. The number of hydrogen-bond donors (Lipinski definition) is 0. The molecule has 0 saturated carbocycles. The van der Waals surface area contributed by atoms with Crippen LogP contribution in [0.25, 0.3) is 0 Å². The summed E-state index contributed by atoms with van der Waals surface area (Å²) in [6.07, 6.45) is 0. The molecule has 0 fully saturated rings. The van der Waals surface area contributed by atoms with Crippen molar-refractivity contribution in [2.45, 2.75) is 12.8 Å². The maximum absolute atomic E-state index is 12.4. The highest BCUT2D eigenvalue weighted by Gasteiger charge is 2.09. The lowest BCUT2D eigenvalue weighted by atomic mass is 10.0. The van der Waals surface area contributed by atoms with E-state index in [2.05, 4.69) is 22.9 Å². The van der Waals surface area contributed by atoms with Crippen LogP contribution in [0.3, 0.4) is 0 Å². The molecule has 0 aliphatic heterocycles. The molecule has 0 aliphatic carbocycles. The van der Waals surface area contributed by atoms with Crippen LogP contribution in [-0.4, -0.2) is 12.6 Å². The monoisotopic (exact) mass is 273 g/mol. The molecule has 1 aromatic carbocycles. The Morgan fingerprint density at radius 1 is 1.60 bits per heavy atom. The highest BCUT2D eigenvalue weighted by atomic mass is 79.9. The van der Waals surface area contributed by atoms with Crippen molar-refractivity contribution in [2.24, 2.45) is 0 Å². The lowest BCUT2D eigenvalue weighted by Gasteiger charge is -2.10. The minimum atomic E-state index is -0.546. The van der Waals surface area contributed by atoms with Crippen molar-refractivity contribution in [3.63, 3.8) is 0 Å². The SMILES string of the molecule is [CH2]C(CF)c1cc(Br)cc(OC(C)=O)c1. The van der Waals surface area contributed by atoms with Gasteiger partial charge in [0.15, 0.2) is 0 Å². The molecule has 2 nitrogen and oxygen atoms in total. The van der Waals surface area contributed by atoms with Gasteiger partial charge in [0, 0.05) is 17.3 Å². The standard InChI is InChI=1S/C11H11BrFO2/c1-7(6-13)9-3-10(12)5-11(4-9)15-8(2)14/h3-5,7H,1,6H2,2H3. The Balaban J connectivity index is 2.99. The average molecular weight is 274 g/mol. The van der Waals surface area contributed by atoms with Crippen molar-refractivity contribution in [3.8, 4) is 5.75 Å². The van der Waals surface area contributed by atoms with E-state index >= 15 is 0 Å². The van der Waals surface area contributed by atoms with Crippen molar-refractivity contribution < 1.29 is 13.9 Å². The summed E-state index contributed by atoms with van der Waals surface area (Å²) in [7, 11) is 0. The lowest BCUT2D eigenvalue weighted by molar-refractivity contribution is -0.131. The molecule has 0 aliphatic rings. The Labute approximate surface area is 96.6 Å². The van der Waals surface area contributed by atoms with Crippen LogP contribution in [0.15, 0.2) is 22.7 Å². The molecule has 1 unspecified atom stereocenters. The van der Waals surface area contributed by atoms with Gasteiger partial charge in [-0.15, -0.1) is 0 Å². The van der Waals surface area contributed by atoms with E-state index in [0.717, 1.165) is 4.47 Å². The van der Waals surface area contributed by atoms with Crippen molar-refractivity contribution in [1.29, 1.82) is 0 Å². The number of halogens is 2. The smallest absolute Gasteiger partial charge is 0.308 e. The molecule has 0 aromatic heterocycles. The van der Waals surface area contributed by atoms with E-state index in [9.17, 15) is 9.18 Å². The fourth-order valence-corrected chi connectivity index (χ4v) is 1.62. The Hall–Kier alpha value is -0.900. The fraction of sp³-hybridized carbons (Fsp3) is 0.273. The maximum Gasteiger partial charge on any atom is 0.308 e. The molecule has 0 bridgehead atoms. The molecule has 15 heavy (non-hydrogen) atoms. The third-order valence-corrected chi connectivity index (χ3v) is 2.27. The molecule has 0 N–H and O–H groups in total. The summed E-state index contributed by atoms with van der Waals surface area (Å²) in [4.78, 5) is 10.7. The summed E-state index contributed by atoms with van der Waals surface area (Å²) in [5, 5.41) is 0. The molecule has 4 heteroatoms. The second-order valence-electron chi connectivity index (χ2n) is 3.17. The van der Waals surface area contributed by atoms with Gasteiger partial charge < -0.3 is 4.74 Å². The molecule has 81 valence electrons. The minimum absolute atomic E-state index is 0.397. The molecule has 0 spiro atoms. The molecule has 0 heterocycles.